The lowest BCUT2D eigenvalue weighted by atomic mass is 10.2. The molecule has 0 fully saturated rings. The summed E-state index contributed by atoms with van der Waals surface area (Å²) in [7, 11) is 0. The highest BCUT2D eigenvalue weighted by Gasteiger charge is 2.14. The number of nitro groups is 1. The fraction of sp³-hybridized carbons (Fsp3) is 0.188. The molecule has 0 saturated carbocycles. The lowest BCUT2D eigenvalue weighted by Gasteiger charge is -2.10. The first-order valence-electron chi connectivity index (χ1n) is 6.89. The number of nitrogens with one attached hydrogen (secondary N) is 1. The summed E-state index contributed by atoms with van der Waals surface area (Å²) in [6.45, 7) is 2.53. The van der Waals surface area contributed by atoms with Gasteiger partial charge in [-0.2, -0.15) is 0 Å². The Hall–Kier alpha value is -2.60. The Morgan fingerprint density at radius 2 is 2.04 bits per heavy atom. The highest BCUT2D eigenvalue weighted by molar-refractivity contribution is 6.34. The van der Waals surface area contributed by atoms with Crippen LogP contribution in [0.25, 0.3) is 0 Å². The van der Waals surface area contributed by atoms with Crippen LogP contribution in [-0.2, 0) is 0 Å². The number of carbonyl (C=O) groups excluding carboxylic acids is 1. The van der Waals surface area contributed by atoms with E-state index in [0.717, 1.165) is 17.4 Å². The zero-order valence-corrected chi connectivity index (χ0v) is 13.2. The largest absolute Gasteiger partial charge is 0.491 e. The number of benzene rings is 2. The van der Waals surface area contributed by atoms with Crippen LogP contribution < -0.4 is 10.1 Å². The number of rotatable bonds is 6. The predicted octanol–water partition coefficient (Wildman–Crippen LogP) is 3.37. The number of hydrogen-bond donors (Lipinski definition) is 1. The van der Waals surface area contributed by atoms with E-state index in [9.17, 15) is 14.9 Å². The number of ether oxygens (including phenoxy) is 1. The summed E-state index contributed by atoms with van der Waals surface area (Å²) in [6, 6.07) is 11.3. The van der Waals surface area contributed by atoms with Gasteiger partial charge >= 0.3 is 0 Å². The van der Waals surface area contributed by atoms with Crippen LogP contribution in [0.2, 0.25) is 5.02 Å². The highest BCUT2D eigenvalue weighted by atomic mass is 35.5. The van der Waals surface area contributed by atoms with E-state index in [4.69, 9.17) is 16.3 Å². The molecule has 2 rings (SSSR count). The Kier molecular flexibility index (Phi) is 5.54. The summed E-state index contributed by atoms with van der Waals surface area (Å²) < 4.78 is 5.57. The van der Waals surface area contributed by atoms with Crippen LogP contribution in [0.3, 0.4) is 0 Å². The van der Waals surface area contributed by atoms with Crippen LogP contribution in [0.5, 0.6) is 5.75 Å². The Balaban J connectivity index is 1.88. The second-order valence-corrected chi connectivity index (χ2v) is 5.20. The van der Waals surface area contributed by atoms with Gasteiger partial charge in [0, 0.05) is 12.1 Å². The standard InChI is InChI=1S/C16H15ClN2O4/c1-11-4-2-3-5-15(11)23-9-8-18-16(20)13-7-6-12(19(21)22)10-14(13)17/h2-7,10H,8-9H2,1H3,(H,18,20). The second kappa shape index (κ2) is 7.60. The first-order chi connectivity index (χ1) is 11.0. The molecule has 2 aromatic carbocycles. The zero-order valence-electron chi connectivity index (χ0n) is 12.4. The van der Waals surface area contributed by atoms with Crippen molar-refractivity contribution in [3.05, 3.63) is 68.7 Å². The van der Waals surface area contributed by atoms with Crippen LogP contribution in [-0.4, -0.2) is 24.0 Å². The van der Waals surface area contributed by atoms with E-state index in [2.05, 4.69) is 5.32 Å². The minimum Gasteiger partial charge on any atom is -0.491 e. The molecule has 0 aliphatic rings. The van der Waals surface area contributed by atoms with Gasteiger partial charge in [-0.05, 0) is 24.6 Å². The van der Waals surface area contributed by atoms with Crippen molar-refractivity contribution in [2.75, 3.05) is 13.2 Å². The van der Waals surface area contributed by atoms with Gasteiger partial charge in [0.05, 0.1) is 22.1 Å². The van der Waals surface area contributed by atoms with Crippen LogP contribution in [0.4, 0.5) is 5.69 Å². The van der Waals surface area contributed by atoms with Crippen molar-refractivity contribution in [2.45, 2.75) is 6.92 Å². The maximum atomic E-state index is 12.0. The summed E-state index contributed by atoms with van der Waals surface area (Å²) in [5, 5.41) is 13.3. The number of nitrogens with zero attached hydrogens (tertiary/aromatic N) is 1. The predicted molar refractivity (Wildman–Crippen MR) is 87.1 cm³/mol. The van der Waals surface area contributed by atoms with Crippen LogP contribution in [0.1, 0.15) is 15.9 Å². The number of hydrogen-bond acceptors (Lipinski definition) is 4. The van der Waals surface area contributed by atoms with Gasteiger partial charge in [0.25, 0.3) is 11.6 Å². The maximum absolute atomic E-state index is 12.0. The monoisotopic (exact) mass is 334 g/mol. The van der Waals surface area contributed by atoms with Crippen molar-refractivity contribution in [3.63, 3.8) is 0 Å². The molecule has 7 heteroatoms. The van der Waals surface area contributed by atoms with Gasteiger partial charge in [0.2, 0.25) is 0 Å². The summed E-state index contributed by atoms with van der Waals surface area (Å²) in [4.78, 5) is 22.1. The fourth-order valence-corrected chi connectivity index (χ4v) is 2.20. The van der Waals surface area contributed by atoms with E-state index in [1.807, 2.05) is 31.2 Å². The minimum absolute atomic E-state index is 0.0384. The Morgan fingerprint density at radius 1 is 1.30 bits per heavy atom. The van der Waals surface area contributed by atoms with Gasteiger partial charge in [0.15, 0.2) is 0 Å². The van der Waals surface area contributed by atoms with Gasteiger partial charge < -0.3 is 10.1 Å². The smallest absolute Gasteiger partial charge is 0.270 e. The van der Waals surface area contributed by atoms with Crippen LogP contribution >= 0.6 is 11.6 Å². The molecule has 0 aliphatic heterocycles. The third-order valence-electron chi connectivity index (χ3n) is 3.15. The third-order valence-corrected chi connectivity index (χ3v) is 3.46. The first-order valence-corrected chi connectivity index (χ1v) is 7.27. The summed E-state index contributed by atoms with van der Waals surface area (Å²) in [5.74, 6) is 0.355. The third kappa shape index (κ3) is 4.43. The van der Waals surface area contributed by atoms with Crippen LogP contribution in [0.15, 0.2) is 42.5 Å². The van der Waals surface area contributed by atoms with Crippen molar-refractivity contribution >= 4 is 23.2 Å². The summed E-state index contributed by atoms with van der Waals surface area (Å²) in [5.41, 5.74) is 1.04. The molecule has 0 atom stereocenters. The average Bonchev–Trinajstić information content (AvgIpc) is 2.52. The summed E-state index contributed by atoms with van der Waals surface area (Å²) >= 11 is 5.90. The maximum Gasteiger partial charge on any atom is 0.270 e. The molecule has 0 spiro atoms. The molecular weight excluding hydrogens is 320 g/mol. The van der Waals surface area contributed by atoms with E-state index in [0.29, 0.717) is 13.2 Å². The number of non-ortho nitro benzene ring substituents is 1. The van der Waals surface area contributed by atoms with Gasteiger partial charge in [-0.1, -0.05) is 29.8 Å². The Bertz CT molecular complexity index is 734. The lowest BCUT2D eigenvalue weighted by Crippen LogP contribution is -2.28. The van der Waals surface area contributed by atoms with Crippen molar-refractivity contribution in [1.82, 2.24) is 5.32 Å². The van der Waals surface area contributed by atoms with Gasteiger partial charge in [-0.15, -0.1) is 0 Å². The molecule has 0 aliphatic carbocycles. The molecular formula is C16H15ClN2O4. The molecule has 0 aromatic heterocycles. The molecule has 0 saturated heterocycles. The van der Waals surface area contributed by atoms with Gasteiger partial charge in [-0.3, -0.25) is 14.9 Å². The molecule has 0 unspecified atom stereocenters. The number of para-hydroxylation sites is 1. The van der Waals surface area contributed by atoms with Crippen molar-refractivity contribution in [1.29, 1.82) is 0 Å². The SMILES string of the molecule is Cc1ccccc1OCCNC(=O)c1ccc([N+](=O)[O-])cc1Cl. The number of nitro benzene ring substituents is 1. The minimum atomic E-state index is -0.566. The first kappa shape index (κ1) is 16.8. The van der Waals surface area contributed by atoms with E-state index in [-0.39, 0.29) is 16.3 Å². The average molecular weight is 335 g/mol. The van der Waals surface area contributed by atoms with E-state index in [1.54, 1.807) is 0 Å². The molecule has 0 bridgehead atoms. The molecule has 0 radical (unpaired) electrons. The Morgan fingerprint density at radius 3 is 2.70 bits per heavy atom. The van der Waals surface area contributed by atoms with Crippen LogP contribution in [0, 0.1) is 17.0 Å². The lowest BCUT2D eigenvalue weighted by molar-refractivity contribution is -0.384. The highest BCUT2D eigenvalue weighted by Crippen LogP contribution is 2.22. The normalized spacial score (nSPS) is 10.2. The Labute approximate surface area is 138 Å². The second-order valence-electron chi connectivity index (χ2n) is 4.79. The van der Waals surface area contributed by atoms with Crippen molar-refractivity contribution < 1.29 is 14.5 Å². The number of carbonyl (C=O) groups is 1. The molecule has 1 amide bonds. The number of halogens is 1. The number of aryl methyl sites for hydroxylation is 1. The molecule has 2 aromatic rings. The molecule has 0 heterocycles. The van der Waals surface area contributed by atoms with E-state index >= 15 is 0 Å². The van der Waals surface area contributed by atoms with Gasteiger partial charge in [0.1, 0.15) is 12.4 Å². The van der Waals surface area contributed by atoms with Crippen molar-refractivity contribution in [3.8, 4) is 5.75 Å². The molecule has 1 N–H and O–H groups in total. The molecule has 23 heavy (non-hydrogen) atoms. The number of amides is 1. The van der Waals surface area contributed by atoms with Gasteiger partial charge in [-0.25, -0.2) is 0 Å². The fourth-order valence-electron chi connectivity index (χ4n) is 1.94. The zero-order chi connectivity index (χ0) is 16.8. The summed E-state index contributed by atoms with van der Waals surface area (Å²) in [6.07, 6.45) is 0. The molecule has 6 nitrogen and oxygen atoms in total. The molecule has 120 valence electrons. The quantitative estimate of drug-likeness (QED) is 0.499. The topological polar surface area (TPSA) is 81.5 Å². The van der Waals surface area contributed by atoms with Crippen molar-refractivity contribution in [2.24, 2.45) is 0 Å². The van der Waals surface area contributed by atoms with E-state index in [1.165, 1.54) is 12.1 Å². The van der Waals surface area contributed by atoms with E-state index < -0.39 is 10.8 Å².